The summed E-state index contributed by atoms with van der Waals surface area (Å²) in [7, 11) is 1.59. The first-order chi connectivity index (χ1) is 11.4. The van der Waals surface area contributed by atoms with Gasteiger partial charge >= 0.3 is 12.1 Å². The van der Waals surface area contributed by atoms with Crippen LogP contribution in [0.15, 0.2) is 12.1 Å². The maximum Gasteiger partial charge on any atom is 0.416 e. The van der Waals surface area contributed by atoms with E-state index in [1.807, 2.05) is 6.92 Å². The molecule has 0 bridgehead atoms. The van der Waals surface area contributed by atoms with Crippen LogP contribution in [0.3, 0.4) is 0 Å². The maximum atomic E-state index is 12.0. The van der Waals surface area contributed by atoms with Crippen LogP contribution < -0.4 is 4.74 Å². The van der Waals surface area contributed by atoms with E-state index in [2.05, 4.69) is 8.75 Å². The molecular weight excluding hydrogens is 377 g/mol. The minimum Gasteiger partial charge on any atom is -0.478 e. The summed E-state index contributed by atoms with van der Waals surface area (Å²) in [6, 6.07) is 2.68. The van der Waals surface area contributed by atoms with Crippen LogP contribution >= 0.6 is 34.9 Å². The Morgan fingerprint density at radius 3 is 2.67 bits per heavy atom. The molecule has 10 heteroatoms. The third kappa shape index (κ3) is 3.77. The topological polar surface area (TPSA) is 92.6 Å². The Hall–Kier alpha value is -1.90. The van der Waals surface area contributed by atoms with E-state index >= 15 is 0 Å². The van der Waals surface area contributed by atoms with E-state index in [1.165, 1.54) is 17.0 Å². The normalized spacial score (nSPS) is 10.5. The quantitative estimate of drug-likeness (QED) is 0.828. The van der Waals surface area contributed by atoms with E-state index in [-0.39, 0.29) is 32.7 Å². The lowest BCUT2D eigenvalue weighted by atomic mass is 10.1. The van der Waals surface area contributed by atoms with Gasteiger partial charge in [-0.05, 0) is 18.6 Å². The van der Waals surface area contributed by atoms with Crippen molar-refractivity contribution in [2.75, 3.05) is 13.6 Å². The van der Waals surface area contributed by atoms with Crippen molar-refractivity contribution in [2.45, 2.75) is 13.3 Å². The molecule has 24 heavy (non-hydrogen) atoms. The number of hydrogen-bond donors (Lipinski definition) is 1. The molecule has 1 N–H and O–H groups in total. The summed E-state index contributed by atoms with van der Waals surface area (Å²) >= 11 is 13.1. The largest absolute Gasteiger partial charge is 0.478 e. The predicted octanol–water partition coefficient (Wildman–Crippen LogP) is 4.05. The molecule has 1 amide bonds. The van der Waals surface area contributed by atoms with Crippen LogP contribution in [0.5, 0.6) is 5.88 Å². The van der Waals surface area contributed by atoms with Gasteiger partial charge in [0, 0.05) is 19.2 Å². The Bertz CT molecular complexity index is 781. The van der Waals surface area contributed by atoms with Gasteiger partial charge in [-0.1, -0.05) is 30.1 Å². The summed E-state index contributed by atoms with van der Waals surface area (Å²) in [4.78, 5) is 24.6. The molecule has 0 fully saturated rings. The first-order valence-corrected chi connectivity index (χ1v) is 8.32. The van der Waals surface area contributed by atoms with Crippen molar-refractivity contribution in [3.63, 3.8) is 0 Å². The summed E-state index contributed by atoms with van der Waals surface area (Å²) in [6.07, 6.45) is 0.166. The van der Waals surface area contributed by atoms with Gasteiger partial charge in [-0.3, -0.25) is 0 Å². The molecule has 7 nitrogen and oxygen atoms in total. The monoisotopic (exact) mass is 389 g/mol. The first-order valence-electron chi connectivity index (χ1n) is 6.84. The van der Waals surface area contributed by atoms with Gasteiger partial charge in [0.1, 0.15) is 0 Å². The van der Waals surface area contributed by atoms with Crippen LogP contribution in [0.4, 0.5) is 4.79 Å². The number of ether oxygens (including phenoxy) is 1. The molecule has 0 aliphatic heterocycles. The molecule has 1 aromatic carbocycles. The van der Waals surface area contributed by atoms with E-state index < -0.39 is 12.1 Å². The number of carbonyl (C=O) groups excluding carboxylic acids is 1. The van der Waals surface area contributed by atoms with Gasteiger partial charge in [0.15, 0.2) is 5.69 Å². The zero-order chi connectivity index (χ0) is 17.9. The van der Waals surface area contributed by atoms with Crippen LogP contribution in [0.1, 0.15) is 23.7 Å². The number of aromatic carboxylic acids is 1. The minimum atomic E-state index is -1.21. The van der Waals surface area contributed by atoms with Gasteiger partial charge < -0.3 is 14.7 Å². The number of carboxylic acid groups (broad SMARTS) is 1. The number of halogens is 2. The number of carbonyl (C=O) groups is 2. The molecule has 2 rings (SSSR count). The minimum absolute atomic E-state index is 0.0701. The molecule has 0 radical (unpaired) electrons. The average molecular weight is 390 g/mol. The molecule has 0 aliphatic rings. The number of benzene rings is 1. The Morgan fingerprint density at radius 2 is 2.04 bits per heavy atom. The predicted molar refractivity (Wildman–Crippen MR) is 91.3 cm³/mol. The molecule has 0 saturated carbocycles. The zero-order valence-electron chi connectivity index (χ0n) is 12.7. The second kappa shape index (κ2) is 7.78. The molecule has 0 unspecified atom stereocenters. The second-order valence-corrected chi connectivity index (χ2v) is 6.11. The van der Waals surface area contributed by atoms with Crippen molar-refractivity contribution in [1.29, 1.82) is 0 Å². The van der Waals surface area contributed by atoms with Crippen molar-refractivity contribution >= 4 is 47.0 Å². The van der Waals surface area contributed by atoms with Crippen LogP contribution in [0.2, 0.25) is 10.0 Å². The zero-order valence-corrected chi connectivity index (χ0v) is 15.1. The number of nitrogens with zero attached hydrogens (tertiary/aromatic N) is 3. The fourth-order valence-corrected chi connectivity index (χ4v) is 3.04. The average Bonchev–Trinajstić information content (AvgIpc) is 2.95. The van der Waals surface area contributed by atoms with Crippen LogP contribution in [0, 0.1) is 0 Å². The Morgan fingerprint density at radius 1 is 1.33 bits per heavy atom. The van der Waals surface area contributed by atoms with Crippen LogP contribution in [-0.2, 0) is 0 Å². The Labute approximate surface area is 152 Å². The van der Waals surface area contributed by atoms with E-state index in [0.29, 0.717) is 6.54 Å². The summed E-state index contributed by atoms with van der Waals surface area (Å²) in [6.45, 7) is 2.44. The van der Waals surface area contributed by atoms with E-state index in [9.17, 15) is 14.7 Å². The molecule has 1 heterocycles. The molecule has 128 valence electrons. The molecule has 0 atom stereocenters. The first kappa shape index (κ1) is 18.4. The third-order valence-corrected chi connectivity index (χ3v) is 4.29. The highest BCUT2D eigenvalue weighted by atomic mass is 35.5. The van der Waals surface area contributed by atoms with Gasteiger partial charge in [-0.2, -0.15) is 4.37 Å². The summed E-state index contributed by atoms with van der Waals surface area (Å²) in [5.41, 5.74) is 0.147. The second-order valence-electron chi connectivity index (χ2n) is 4.80. The van der Waals surface area contributed by atoms with E-state index in [4.69, 9.17) is 27.9 Å². The van der Waals surface area contributed by atoms with Crippen LogP contribution in [-0.4, -0.2) is 44.4 Å². The van der Waals surface area contributed by atoms with Crippen molar-refractivity contribution in [2.24, 2.45) is 0 Å². The van der Waals surface area contributed by atoms with Gasteiger partial charge in [0.05, 0.1) is 27.3 Å². The highest BCUT2D eigenvalue weighted by Crippen LogP contribution is 2.40. The molecule has 0 aliphatic carbocycles. The van der Waals surface area contributed by atoms with Crippen molar-refractivity contribution < 1.29 is 19.4 Å². The molecule has 1 aromatic heterocycles. The van der Waals surface area contributed by atoms with E-state index in [1.54, 1.807) is 7.05 Å². The maximum absolute atomic E-state index is 12.0. The molecule has 0 saturated heterocycles. The van der Waals surface area contributed by atoms with Crippen LogP contribution in [0.25, 0.3) is 11.3 Å². The van der Waals surface area contributed by atoms with Gasteiger partial charge in [0.2, 0.25) is 0 Å². The Kier molecular flexibility index (Phi) is 5.98. The summed E-state index contributed by atoms with van der Waals surface area (Å²) in [5.74, 6) is -1.28. The van der Waals surface area contributed by atoms with Crippen molar-refractivity contribution in [3.8, 4) is 17.1 Å². The SMILES string of the molecule is CCCN(C)C(=O)Oc1nsnc1-c1c(Cl)ccc(C(=O)O)c1Cl. The smallest absolute Gasteiger partial charge is 0.416 e. The fraction of sp³-hybridized carbons (Fsp3) is 0.286. The van der Waals surface area contributed by atoms with Crippen molar-refractivity contribution in [1.82, 2.24) is 13.6 Å². The van der Waals surface area contributed by atoms with Gasteiger partial charge in [-0.15, -0.1) is 4.37 Å². The van der Waals surface area contributed by atoms with Crippen molar-refractivity contribution in [3.05, 3.63) is 27.7 Å². The summed E-state index contributed by atoms with van der Waals surface area (Å²) in [5, 5.41) is 9.25. The van der Waals surface area contributed by atoms with Gasteiger partial charge in [0.25, 0.3) is 5.88 Å². The molecular formula is C14H13Cl2N3O4S. The number of amides is 1. The fourth-order valence-electron chi connectivity index (χ4n) is 1.92. The molecule has 0 spiro atoms. The summed E-state index contributed by atoms with van der Waals surface area (Å²) < 4.78 is 13.2. The number of carboxylic acids is 1. The molecule has 2 aromatic rings. The third-order valence-electron chi connectivity index (χ3n) is 3.07. The number of rotatable bonds is 5. The number of aromatic nitrogens is 2. The highest BCUT2D eigenvalue weighted by Gasteiger charge is 2.24. The number of hydrogen-bond acceptors (Lipinski definition) is 6. The van der Waals surface area contributed by atoms with E-state index in [0.717, 1.165) is 18.1 Å². The standard InChI is InChI=1S/C14H13Cl2N3O4S/c1-3-6-19(2)14(22)23-12-11(17-24-18-12)9-8(15)5-4-7(10(9)16)13(20)21/h4-5H,3,6H2,1-2H3,(H,20,21). The van der Waals surface area contributed by atoms with Gasteiger partial charge in [-0.25, -0.2) is 9.59 Å². The lowest BCUT2D eigenvalue weighted by molar-refractivity contribution is 0.0697. The lowest BCUT2D eigenvalue weighted by Gasteiger charge is -2.15. The Balaban J connectivity index is 2.42. The lowest BCUT2D eigenvalue weighted by Crippen LogP contribution is -2.30. The highest BCUT2D eigenvalue weighted by molar-refractivity contribution is 6.99.